The first-order valence-corrected chi connectivity index (χ1v) is 9.16. The summed E-state index contributed by atoms with van der Waals surface area (Å²) in [5.74, 6) is 0.271. The molecule has 2 N–H and O–H groups in total. The van der Waals surface area contributed by atoms with Gasteiger partial charge in [-0.25, -0.2) is 4.98 Å². The lowest BCUT2D eigenvalue weighted by atomic mass is 9.93. The summed E-state index contributed by atoms with van der Waals surface area (Å²) in [4.78, 5) is 3.64. The van der Waals surface area contributed by atoms with Crippen molar-refractivity contribution in [3.8, 4) is 0 Å². The number of nitrogens with zero attached hydrogens (tertiary/aromatic N) is 3. The smallest absolute Gasteiger partial charge is 0.396 e. The summed E-state index contributed by atoms with van der Waals surface area (Å²) in [5.41, 5.74) is -0.135. The van der Waals surface area contributed by atoms with Crippen molar-refractivity contribution in [2.75, 3.05) is 18.5 Å². The van der Waals surface area contributed by atoms with E-state index in [1.165, 1.54) is 10.6 Å². The van der Waals surface area contributed by atoms with Crippen LogP contribution < -0.4 is 5.32 Å². The number of hydrogen-bond acceptors (Lipinski definition) is 4. The van der Waals surface area contributed by atoms with Crippen LogP contribution in [-0.2, 0) is 11.6 Å². The fourth-order valence-corrected chi connectivity index (χ4v) is 3.89. The van der Waals surface area contributed by atoms with Crippen molar-refractivity contribution in [2.24, 2.45) is 5.92 Å². The van der Waals surface area contributed by atoms with E-state index in [1.807, 2.05) is 30.3 Å². The topological polar surface area (TPSA) is 62.5 Å². The maximum Gasteiger partial charge on any atom is 0.433 e. The van der Waals surface area contributed by atoms with Crippen molar-refractivity contribution in [1.29, 1.82) is 0 Å². The van der Waals surface area contributed by atoms with Crippen LogP contribution in [0.5, 0.6) is 0 Å². The lowest BCUT2D eigenvalue weighted by molar-refractivity contribution is -0.141. The highest BCUT2D eigenvalue weighted by molar-refractivity contribution is 9.10. The van der Waals surface area contributed by atoms with E-state index in [1.54, 1.807) is 0 Å². The Hall–Kier alpha value is -2.13. The summed E-state index contributed by atoms with van der Waals surface area (Å²) in [6.45, 7) is 0.416. The first kappa shape index (κ1) is 18.2. The van der Waals surface area contributed by atoms with Gasteiger partial charge in [0.2, 0.25) is 0 Å². The molecule has 0 spiro atoms. The van der Waals surface area contributed by atoms with E-state index in [-0.39, 0.29) is 29.4 Å². The van der Waals surface area contributed by atoms with Gasteiger partial charge in [0, 0.05) is 30.7 Å². The average molecular weight is 441 g/mol. The Bertz CT molecular complexity index is 976. The lowest BCUT2D eigenvalue weighted by Crippen LogP contribution is -2.24. The third-order valence-electron chi connectivity index (χ3n) is 5.07. The summed E-state index contributed by atoms with van der Waals surface area (Å²) < 4.78 is 41.4. The molecule has 0 unspecified atom stereocenters. The number of aromatic nitrogens is 3. The minimum Gasteiger partial charge on any atom is -0.396 e. The molecule has 0 bridgehead atoms. The van der Waals surface area contributed by atoms with Crippen LogP contribution in [0.1, 0.15) is 17.7 Å². The highest BCUT2D eigenvalue weighted by Crippen LogP contribution is 2.54. The quantitative estimate of drug-likeness (QED) is 0.631. The number of aliphatic hydroxyl groups is 1. The third kappa shape index (κ3) is 3.29. The number of halogens is 4. The molecule has 1 aliphatic carbocycles. The molecule has 142 valence electrons. The van der Waals surface area contributed by atoms with Gasteiger partial charge in [0.25, 0.3) is 0 Å². The van der Waals surface area contributed by atoms with Crippen LogP contribution in [0.4, 0.5) is 19.0 Å². The summed E-state index contributed by atoms with van der Waals surface area (Å²) in [5, 5.41) is 16.9. The zero-order valence-corrected chi connectivity index (χ0v) is 15.6. The third-order valence-corrected chi connectivity index (χ3v) is 5.46. The molecule has 0 aliphatic heterocycles. The van der Waals surface area contributed by atoms with Crippen LogP contribution in [0.3, 0.4) is 0 Å². The van der Waals surface area contributed by atoms with Crippen molar-refractivity contribution in [1.82, 2.24) is 14.6 Å². The molecule has 5 nitrogen and oxygen atoms in total. The highest BCUT2D eigenvalue weighted by Gasteiger charge is 2.54. The van der Waals surface area contributed by atoms with E-state index in [9.17, 15) is 18.3 Å². The Labute approximate surface area is 161 Å². The minimum absolute atomic E-state index is 0.0312. The zero-order valence-electron chi connectivity index (χ0n) is 14.0. The van der Waals surface area contributed by atoms with E-state index < -0.39 is 11.9 Å². The second-order valence-corrected chi connectivity index (χ2v) is 7.53. The van der Waals surface area contributed by atoms with Crippen molar-refractivity contribution >= 4 is 27.4 Å². The van der Waals surface area contributed by atoms with Crippen molar-refractivity contribution in [2.45, 2.75) is 18.0 Å². The van der Waals surface area contributed by atoms with E-state index >= 15 is 0 Å². The first-order valence-electron chi connectivity index (χ1n) is 8.37. The normalized spacial score (nSPS) is 22.2. The summed E-state index contributed by atoms with van der Waals surface area (Å²) >= 11 is 3.18. The van der Waals surface area contributed by atoms with Crippen molar-refractivity contribution < 1.29 is 18.3 Å². The SMILES string of the molecule is OC[C@@H]1C[C@]1(CNc1cc(C(F)(F)F)nc2cc(Br)nn12)c1ccccc1. The number of anilines is 1. The number of fused-ring (bicyclic) bond motifs is 1. The van der Waals surface area contributed by atoms with E-state index in [0.717, 1.165) is 18.1 Å². The maximum atomic E-state index is 13.2. The van der Waals surface area contributed by atoms with Crippen molar-refractivity contribution in [3.63, 3.8) is 0 Å². The van der Waals surface area contributed by atoms with Crippen LogP contribution >= 0.6 is 15.9 Å². The van der Waals surface area contributed by atoms with Crippen LogP contribution in [-0.4, -0.2) is 32.9 Å². The van der Waals surface area contributed by atoms with Gasteiger partial charge in [-0.1, -0.05) is 30.3 Å². The molecule has 27 heavy (non-hydrogen) atoms. The molecule has 2 atom stereocenters. The highest BCUT2D eigenvalue weighted by atomic mass is 79.9. The molecule has 0 saturated heterocycles. The van der Waals surface area contributed by atoms with Gasteiger partial charge in [-0.05, 0) is 33.8 Å². The minimum atomic E-state index is -4.56. The monoisotopic (exact) mass is 440 g/mol. The molecule has 9 heteroatoms. The predicted molar refractivity (Wildman–Crippen MR) is 97.5 cm³/mol. The fourth-order valence-electron chi connectivity index (χ4n) is 3.53. The van der Waals surface area contributed by atoms with Crippen LogP contribution in [0, 0.1) is 5.92 Å². The van der Waals surface area contributed by atoms with Gasteiger partial charge in [0.15, 0.2) is 11.3 Å². The lowest BCUT2D eigenvalue weighted by Gasteiger charge is -2.20. The molecule has 1 aromatic carbocycles. The van der Waals surface area contributed by atoms with Gasteiger partial charge in [0.1, 0.15) is 10.4 Å². The van der Waals surface area contributed by atoms with Crippen molar-refractivity contribution in [3.05, 3.63) is 58.3 Å². The van der Waals surface area contributed by atoms with E-state index in [2.05, 4.69) is 31.3 Å². The van der Waals surface area contributed by atoms with Gasteiger partial charge >= 0.3 is 6.18 Å². The molecule has 1 saturated carbocycles. The summed E-state index contributed by atoms with van der Waals surface area (Å²) in [6.07, 6.45) is -3.79. The largest absolute Gasteiger partial charge is 0.433 e. The molecule has 0 radical (unpaired) electrons. The Morgan fingerprint density at radius 1 is 1.26 bits per heavy atom. The summed E-state index contributed by atoms with van der Waals surface area (Å²) in [6, 6.07) is 12.1. The molecule has 2 heterocycles. The molecule has 3 aromatic rings. The zero-order chi connectivity index (χ0) is 19.2. The number of alkyl halides is 3. The molecule has 2 aromatic heterocycles. The molecule has 4 rings (SSSR count). The van der Waals surface area contributed by atoms with Gasteiger partial charge in [0.05, 0.1) is 0 Å². The van der Waals surface area contributed by atoms with Gasteiger partial charge in [-0.15, -0.1) is 0 Å². The standard InChI is InChI=1S/C18H16BrF3N4O/c19-14-7-16-24-13(18(20,21)22)6-15(26(16)25-14)23-10-17(8-12(17)9-27)11-4-2-1-3-5-11/h1-7,12,23,27H,8-10H2/t12-,17-/m0/s1. The van der Waals surface area contributed by atoms with Gasteiger partial charge in [-0.2, -0.15) is 22.8 Å². The Balaban J connectivity index is 1.69. The van der Waals surface area contributed by atoms with Crippen LogP contribution in [0.2, 0.25) is 0 Å². The molecule has 0 amide bonds. The van der Waals surface area contributed by atoms with E-state index in [4.69, 9.17) is 0 Å². The number of rotatable bonds is 5. The van der Waals surface area contributed by atoms with E-state index in [0.29, 0.717) is 11.1 Å². The molecule has 1 fully saturated rings. The Kier molecular flexibility index (Phi) is 4.38. The Morgan fingerprint density at radius 3 is 2.63 bits per heavy atom. The number of hydrogen-bond donors (Lipinski definition) is 2. The maximum absolute atomic E-state index is 13.2. The molecular formula is C18H16BrF3N4O. The molecular weight excluding hydrogens is 425 g/mol. The van der Waals surface area contributed by atoms with Crippen LogP contribution in [0.25, 0.3) is 5.65 Å². The summed E-state index contributed by atoms with van der Waals surface area (Å²) in [7, 11) is 0. The van der Waals surface area contributed by atoms with Crippen LogP contribution in [0.15, 0.2) is 47.1 Å². The Morgan fingerprint density at radius 2 is 2.00 bits per heavy atom. The number of benzene rings is 1. The average Bonchev–Trinajstić information content (AvgIpc) is 3.24. The predicted octanol–water partition coefficient (Wildman–Crippen LogP) is 3.87. The fraction of sp³-hybridized carbons (Fsp3) is 0.333. The van der Waals surface area contributed by atoms with Gasteiger partial charge in [-0.3, -0.25) is 0 Å². The molecule has 1 aliphatic rings. The number of aliphatic hydroxyl groups excluding tert-OH is 1. The number of nitrogens with one attached hydrogen (secondary N) is 1. The first-order chi connectivity index (χ1) is 12.8. The second-order valence-electron chi connectivity index (χ2n) is 6.72. The van der Waals surface area contributed by atoms with Gasteiger partial charge < -0.3 is 10.4 Å². The second kappa shape index (κ2) is 6.49.